The van der Waals surface area contributed by atoms with Crippen LogP contribution in [0, 0.1) is 11.6 Å². The Bertz CT molecular complexity index is 1860. The molecule has 238 valence electrons. The molecule has 0 spiro atoms. The van der Waals surface area contributed by atoms with Crippen molar-refractivity contribution < 1.29 is 27.6 Å². The number of carbonyl (C=O) groups is 3. The summed E-state index contributed by atoms with van der Waals surface area (Å²) >= 11 is 6.05. The molecule has 3 heterocycles. The number of rotatable bonds is 8. The topological polar surface area (TPSA) is 103 Å². The highest BCUT2D eigenvalue weighted by molar-refractivity contribution is 6.30. The van der Waals surface area contributed by atoms with Gasteiger partial charge in [0.05, 0.1) is 5.39 Å². The highest BCUT2D eigenvalue weighted by Gasteiger charge is 2.31. The minimum absolute atomic E-state index is 0.117. The molecule has 0 radical (unpaired) electrons. The van der Waals surface area contributed by atoms with Gasteiger partial charge in [-0.15, -0.1) is 0 Å². The first-order valence-corrected chi connectivity index (χ1v) is 15.4. The Kier molecular flexibility index (Phi) is 9.03. The molecular weight excluding hydrogens is 618 g/mol. The van der Waals surface area contributed by atoms with Crippen LogP contribution in [0.3, 0.4) is 0 Å². The van der Waals surface area contributed by atoms with Gasteiger partial charge in [0.1, 0.15) is 11.9 Å². The Morgan fingerprint density at radius 2 is 1.67 bits per heavy atom. The second-order valence-electron chi connectivity index (χ2n) is 11.5. The normalized spacial score (nSPS) is 15.8. The van der Waals surface area contributed by atoms with Gasteiger partial charge >= 0.3 is 0 Å². The van der Waals surface area contributed by atoms with Crippen LogP contribution in [0.1, 0.15) is 34.5 Å². The monoisotopic (exact) mass is 648 g/mol. The number of nitrogens with zero attached hydrogens (tertiary/aromatic N) is 3. The number of nitrogens with one attached hydrogen (secondary N) is 1. The molecule has 1 atom stereocenters. The summed E-state index contributed by atoms with van der Waals surface area (Å²) in [7, 11) is 0. The van der Waals surface area contributed by atoms with Crippen molar-refractivity contribution in [1.82, 2.24) is 15.1 Å². The quantitative estimate of drug-likeness (QED) is 0.301. The van der Waals surface area contributed by atoms with E-state index in [0.29, 0.717) is 50.2 Å². The predicted octanol–water partition coefficient (Wildman–Crippen LogP) is 4.54. The smallest absolute Gasteiger partial charge is 0.287 e. The van der Waals surface area contributed by atoms with Crippen molar-refractivity contribution in [3.8, 4) is 0 Å². The fourth-order valence-electron chi connectivity index (χ4n) is 6.00. The van der Waals surface area contributed by atoms with Gasteiger partial charge in [-0.2, -0.15) is 0 Å². The molecule has 2 aliphatic rings. The molecule has 1 N–H and O–H groups in total. The summed E-state index contributed by atoms with van der Waals surface area (Å²) in [6, 6.07) is 16.0. The zero-order valence-corrected chi connectivity index (χ0v) is 25.6. The Hall–Kier alpha value is -4.77. The Morgan fingerprint density at radius 3 is 2.39 bits per heavy atom. The molecule has 0 aliphatic carbocycles. The first-order chi connectivity index (χ1) is 22.2. The number of para-hydroxylation sites is 1. The molecule has 6 rings (SSSR count). The zero-order valence-electron chi connectivity index (χ0n) is 24.8. The van der Waals surface area contributed by atoms with Crippen molar-refractivity contribution in [3.63, 3.8) is 0 Å². The van der Waals surface area contributed by atoms with Gasteiger partial charge in [-0.3, -0.25) is 19.2 Å². The number of amides is 3. The summed E-state index contributed by atoms with van der Waals surface area (Å²) < 4.78 is 33.5. The molecule has 3 amide bonds. The number of likely N-dealkylation sites (tertiary alicyclic amines) is 1. The van der Waals surface area contributed by atoms with Gasteiger partial charge in [0, 0.05) is 75.0 Å². The van der Waals surface area contributed by atoms with Crippen LogP contribution >= 0.6 is 11.6 Å². The molecule has 3 aromatic carbocycles. The Balaban J connectivity index is 1.19. The third-order valence-electron chi connectivity index (χ3n) is 8.38. The maximum Gasteiger partial charge on any atom is 0.287 e. The van der Waals surface area contributed by atoms with Gasteiger partial charge in [-0.1, -0.05) is 41.9 Å². The van der Waals surface area contributed by atoms with Crippen molar-refractivity contribution in [3.05, 3.63) is 110 Å². The molecule has 46 heavy (non-hydrogen) atoms. The summed E-state index contributed by atoms with van der Waals surface area (Å²) in [4.78, 5) is 57.8. The van der Waals surface area contributed by atoms with Gasteiger partial charge in [-0.25, -0.2) is 8.78 Å². The van der Waals surface area contributed by atoms with E-state index in [1.54, 1.807) is 29.2 Å². The zero-order chi connectivity index (χ0) is 32.4. The van der Waals surface area contributed by atoms with Crippen LogP contribution in [-0.4, -0.2) is 66.3 Å². The summed E-state index contributed by atoms with van der Waals surface area (Å²) in [6.07, 6.45) is 1.55. The minimum atomic E-state index is -1.12. The Labute approximate surface area is 268 Å². The highest BCUT2D eigenvalue weighted by atomic mass is 35.5. The van der Waals surface area contributed by atoms with E-state index >= 15 is 0 Å². The van der Waals surface area contributed by atoms with E-state index in [0.717, 1.165) is 41.9 Å². The van der Waals surface area contributed by atoms with Crippen LogP contribution in [-0.2, 0) is 22.6 Å². The van der Waals surface area contributed by atoms with Crippen molar-refractivity contribution >= 4 is 46.0 Å². The standard InChI is InChI=1S/C34H31ClF2N4O5/c35-23-9-7-21(8-10-23)16-27(38-33(44)30-19-29(42)25-17-24(36)18-26(37)32(25)46-30)34(45)40-14-12-39(13-15-40)28-5-2-1-4-22(28)20-41-11-3-6-31(41)43/h1-2,4-5,7-10,17-19,27H,3,6,11-16,20H2,(H,38,44)/t27-/m1/s1. The van der Waals surface area contributed by atoms with Crippen LogP contribution in [0.15, 0.2) is 75.9 Å². The number of benzene rings is 3. The lowest BCUT2D eigenvalue weighted by Crippen LogP contribution is -2.55. The Morgan fingerprint density at radius 1 is 0.935 bits per heavy atom. The van der Waals surface area contributed by atoms with E-state index in [1.165, 1.54) is 0 Å². The first kappa shape index (κ1) is 31.2. The number of piperazine rings is 1. The summed E-state index contributed by atoms with van der Waals surface area (Å²) in [5, 5.41) is 2.84. The van der Waals surface area contributed by atoms with Crippen molar-refractivity contribution in [2.75, 3.05) is 37.6 Å². The number of halogens is 3. The van der Waals surface area contributed by atoms with Crippen LogP contribution in [0.25, 0.3) is 11.0 Å². The highest BCUT2D eigenvalue weighted by Crippen LogP contribution is 2.26. The fourth-order valence-corrected chi connectivity index (χ4v) is 6.12. The van der Waals surface area contributed by atoms with E-state index in [-0.39, 0.29) is 23.6 Å². The lowest BCUT2D eigenvalue weighted by Gasteiger charge is -2.38. The average molecular weight is 649 g/mol. The molecule has 0 bridgehead atoms. The molecule has 12 heteroatoms. The third-order valence-corrected chi connectivity index (χ3v) is 8.64. The second kappa shape index (κ2) is 13.3. The van der Waals surface area contributed by atoms with Crippen molar-refractivity contribution in [2.45, 2.75) is 31.8 Å². The van der Waals surface area contributed by atoms with Gasteiger partial charge < -0.3 is 24.4 Å². The maximum atomic E-state index is 14.4. The van der Waals surface area contributed by atoms with E-state index in [2.05, 4.69) is 10.2 Å². The SMILES string of the molecule is O=C(N[C@H](Cc1ccc(Cl)cc1)C(=O)N1CCN(c2ccccc2CN2CCCC2=O)CC1)c1cc(=O)c2cc(F)cc(F)c2o1. The number of carbonyl (C=O) groups excluding carboxylic acids is 3. The van der Waals surface area contributed by atoms with Crippen molar-refractivity contribution in [1.29, 1.82) is 0 Å². The van der Waals surface area contributed by atoms with Gasteiger partial charge in [0.2, 0.25) is 11.8 Å². The summed E-state index contributed by atoms with van der Waals surface area (Å²) in [5.41, 5.74) is 1.44. The molecule has 0 unspecified atom stereocenters. The molecule has 2 saturated heterocycles. The van der Waals surface area contributed by atoms with Crippen molar-refractivity contribution in [2.24, 2.45) is 0 Å². The van der Waals surface area contributed by atoms with E-state index < -0.39 is 40.4 Å². The summed E-state index contributed by atoms with van der Waals surface area (Å²) in [5.74, 6) is -3.65. The number of hydrogen-bond donors (Lipinski definition) is 1. The van der Waals surface area contributed by atoms with E-state index in [4.69, 9.17) is 16.0 Å². The number of hydrogen-bond acceptors (Lipinski definition) is 6. The van der Waals surface area contributed by atoms with E-state index in [1.807, 2.05) is 29.2 Å². The molecule has 1 aromatic heterocycles. The second-order valence-corrected chi connectivity index (χ2v) is 11.9. The van der Waals surface area contributed by atoms with Crippen LogP contribution < -0.4 is 15.6 Å². The predicted molar refractivity (Wildman–Crippen MR) is 169 cm³/mol. The van der Waals surface area contributed by atoms with Crippen LogP contribution in [0.5, 0.6) is 0 Å². The molecule has 2 fully saturated rings. The van der Waals surface area contributed by atoms with Gasteiger partial charge in [-0.05, 0) is 41.8 Å². The molecule has 0 saturated carbocycles. The van der Waals surface area contributed by atoms with E-state index in [9.17, 15) is 28.0 Å². The lowest BCUT2D eigenvalue weighted by atomic mass is 10.0. The molecule has 2 aliphatic heterocycles. The number of anilines is 1. The third kappa shape index (κ3) is 6.74. The average Bonchev–Trinajstić information content (AvgIpc) is 3.45. The lowest BCUT2D eigenvalue weighted by molar-refractivity contribution is -0.133. The fraction of sp³-hybridized carbons (Fsp3) is 0.294. The van der Waals surface area contributed by atoms with Crippen LogP contribution in [0.2, 0.25) is 5.02 Å². The number of fused-ring (bicyclic) bond motifs is 1. The molecule has 9 nitrogen and oxygen atoms in total. The largest absolute Gasteiger partial charge is 0.448 e. The maximum absolute atomic E-state index is 14.4. The van der Waals surface area contributed by atoms with Gasteiger partial charge in [0.15, 0.2) is 22.6 Å². The summed E-state index contributed by atoms with van der Waals surface area (Å²) in [6.45, 7) is 3.11. The minimum Gasteiger partial charge on any atom is -0.448 e. The van der Waals surface area contributed by atoms with Crippen LogP contribution in [0.4, 0.5) is 14.5 Å². The van der Waals surface area contributed by atoms with Gasteiger partial charge in [0.25, 0.3) is 5.91 Å². The first-order valence-electron chi connectivity index (χ1n) is 15.0. The molecule has 4 aromatic rings. The molecular formula is C34H31ClF2N4O5.